The van der Waals surface area contributed by atoms with Gasteiger partial charge in [-0.05, 0) is 26.5 Å². The molecular formula is C14H19ClN2O3. The molecule has 1 atom stereocenters. The van der Waals surface area contributed by atoms with Gasteiger partial charge in [-0.25, -0.2) is 4.79 Å². The lowest BCUT2D eigenvalue weighted by Gasteiger charge is -2.27. The molecule has 0 fully saturated rings. The normalized spacial score (nSPS) is 12.8. The molecule has 1 aromatic rings. The maximum atomic E-state index is 12.2. The molecule has 5 nitrogen and oxygen atoms in total. The van der Waals surface area contributed by atoms with Crippen molar-refractivity contribution in [1.29, 1.82) is 0 Å². The van der Waals surface area contributed by atoms with Crippen LogP contribution in [0.5, 0.6) is 0 Å². The molecule has 110 valence electrons. The summed E-state index contributed by atoms with van der Waals surface area (Å²) in [6, 6.07) is 5.39. The van der Waals surface area contributed by atoms with E-state index in [0.29, 0.717) is 17.1 Å². The van der Waals surface area contributed by atoms with Gasteiger partial charge in [-0.15, -0.1) is 0 Å². The molecule has 0 unspecified atom stereocenters. The van der Waals surface area contributed by atoms with Gasteiger partial charge in [0.05, 0.1) is 5.54 Å². The molecule has 0 aliphatic heterocycles. The van der Waals surface area contributed by atoms with Gasteiger partial charge in [0.2, 0.25) is 5.91 Å². The summed E-state index contributed by atoms with van der Waals surface area (Å²) in [4.78, 5) is 23.6. The Morgan fingerprint density at radius 2 is 1.95 bits per heavy atom. The summed E-state index contributed by atoms with van der Waals surface area (Å²) in [5, 5.41) is 15.1. The Kier molecular flexibility index (Phi) is 5.53. The largest absolute Gasteiger partial charge is 0.479 e. The lowest BCUT2D eigenvalue weighted by Crippen LogP contribution is -2.54. The summed E-state index contributed by atoms with van der Waals surface area (Å²) >= 11 is 5.99. The summed E-state index contributed by atoms with van der Waals surface area (Å²) in [5.41, 5.74) is -0.494. The fourth-order valence-electron chi connectivity index (χ4n) is 1.82. The number of carbonyl (C=O) groups excluding carboxylic acids is 1. The molecule has 1 rings (SSSR count). The number of nitrogens with one attached hydrogen (secondary N) is 2. The number of carboxylic acids is 1. The van der Waals surface area contributed by atoms with Gasteiger partial charge >= 0.3 is 5.97 Å². The van der Waals surface area contributed by atoms with E-state index in [1.54, 1.807) is 38.1 Å². The second-order valence-corrected chi connectivity index (χ2v) is 5.33. The summed E-state index contributed by atoms with van der Waals surface area (Å²) in [5.74, 6) is -1.55. The van der Waals surface area contributed by atoms with Crippen LogP contribution in [-0.4, -0.2) is 29.1 Å². The summed E-state index contributed by atoms with van der Waals surface area (Å²) < 4.78 is 0. The molecular weight excluding hydrogens is 280 g/mol. The van der Waals surface area contributed by atoms with Crippen LogP contribution < -0.4 is 10.6 Å². The van der Waals surface area contributed by atoms with E-state index in [-0.39, 0.29) is 0 Å². The minimum Gasteiger partial charge on any atom is -0.479 e. The standard InChI is InChI=1S/C14H19ClN2O3/c1-4-16-14(2,3)13(20)17-11(12(18)19)9-7-5-6-8-10(9)15/h5-8,11,16H,4H2,1-3H3,(H,17,20)(H,18,19)/t11-/m1/s1. The van der Waals surface area contributed by atoms with Gasteiger partial charge in [-0.3, -0.25) is 4.79 Å². The van der Waals surface area contributed by atoms with Crippen LogP contribution in [0.2, 0.25) is 5.02 Å². The number of amides is 1. The predicted octanol–water partition coefficient (Wildman–Crippen LogP) is 1.97. The van der Waals surface area contributed by atoms with Crippen LogP contribution in [0.15, 0.2) is 24.3 Å². The maximum Gasteiger partial charge on any atom is 0.330 e. The third kappa shape index (κ3) is 3.95. The number of halogens is 1. The number of rotatable bonds is 6. The highest BCUT2D eigenvalue weighted by Gasteiger charge is 2.31. The topological polar surface area (TPSA) is 78.4 Å². The molecule has 3 N–H and O–H groups in total. The van der Waals surface area contributed by atoms with Crippen LogP contribution in [0.25, 0.3) is 0 Å². The first kappa shape index (κ1) is 16.5. The summed E-state index contributed by atoms with van der Waals surface area (Å²) in [7, 11) is 0. The third-order valence-corrected chi connectivity index (χ3v) is 3.27. The number of carbonyl (C=O) groups is 2. The van der Waals surface area contributed by atoms with Crippen molar-refractivity contribution in [3.05, 3.63) is 34.9 Å². The van der Waals surface area contributed by atoms with Crippen molar-refractivity contribution >= 4 is 23.5 Å². The number of carboxylic acid groups (broad SMARTS) is 1. The Labute approximate surface area is 123 Å². The zero-order chi connectivity index (χ0) is 15.3. The smallest absolute Gasteiger partial charge is 0.330 e. The maximum absolute atomic E-state index is 12.2. The van der Waals surface area contributed by atoms with Crippen molar-refractivity contribution in [2.75, 3.05) is 6.54 Å². The quantitative estimate of drug-likeness (QED) is 0.750. The minimum atomic E-state index is -1.17. The lowest BCUT2D eigenvalue weighted by molar-refractivity contribution is -0.143. The van der Waals surface area contributed by atoms with Crippen molar-refractivity contribution < 1.29 is 14.7 Å². The molecule has 1 aromatic carbocycles. The molecule has 6 heteroatoms. The molecule has 0 aliphatic carbocycles. The molecule has 0 aromatic heterocycles. The summed E-state index contributed by atoms with van der Waals surface area (Å²) in [6.07, 6.45) is 0. The SMILES string of the molecule is CCNC(C)(C)C(=O)N[C@@H](C(=O)O)c1ccccc1Cl. The monoisotopic (exact) mass is 298 g/mol. The molecule has 0 saturated heterocycles. The zero-order valence-electron chi connectivity index (χ0n) is 11.7. The minimum absolute atomic E-state index is 0.307. The van der Waals surface area contributed by atoms with Crippen LogP contribution in [-0.2, 0) is 9.59 Å². The van der Waals surface area contributed by atoms with E-state index in [9.17, 15) is 14.7 Å². The first-order chi connectivity index (χ1) is 9.29. The summed E-state index contributed by atoms with van der Waals surface area (Å²) in [6.45, 7) is 5.86. The number of likely N-dealkylation sites (N-methyl/N-ethyl adjacent to an activating group) is 1. The molecule has 0 heterocycles. The predicted molar refractivity (Wildman–Crippen MR) is 77.7 cm³/mol. The lowest BCUT2D eigenvalue weighted by atomic mass is 10.0. The van der Waals surface area contributed by atoms with E-state index in [0.717, 1.165) is 0 Å². The molecule has 20 heavy (non-hydrogen) atoms. The van der Waals surface area contributed by atoms with Gasteiger partial charge in [-0.2, -0.15) is 0 Å². The Hall–Kier alpha value is -1.59. The molecule has 0 spiro atoms. The van der Waals surface area contributed by atoms with E-state index < -0.39 is 23.5 Å². The van der Waals surface area contributed by atoms with Gasteiger partial charge in [-0.1, -0.05) is 36.7 Å². The van der Waals surface area contributed by atoms with Gasteiger partial charge in [0.25, 0.3) is 0 Å². The number of hydrogen-bond acceptors (Lipinski definition) is 3. The van der Waals surface area contributed by atoms with E-state index in [2.05, 4.69) is 10.6 Å². The van der Waals surface area contributed by atoms with Gasteiger partial charge in [0.1, 0.15) is 0 Å². The second-order valence-electron chi connectivity index (χ2n) is 4.92. The Morgan fingerprint density at radius 1 is 1.35 bits per heavy atom. The van der Waals surface area contributed by atoms with Gasteiger partial charge in [0.15, 0.2) is 6.04 Å². The third-order valence-electron chi connectivity index (χ3n) is 2.92. The number of hydrogen-bond donors (Lipinski definition) is 3. The zero-order valence-corrected chi connectivity index (χ0v) is 12.5. The van der Waals surface area contributed by atoms with Crippen molar-refractivity contribution in [3.63, 3.8) is 0 Å². The average Bonchev–Trinajstić information content (AvgIpc) is 2.36. The Balaban J connectivity index is 2.98. The molecule has 0 saturated carbocycles. The highest BCUT2D eigenvalue weighted by atomic mass is 35.5. The molecule has 0 radical (unpaired) electrons. The fraction of sp³-hybridized carbons (Fsp3) is 0.429. The van der Waals surface area contributed by atoms with Crippen molar-refractivity contribution in [2.24, 2.45) is 0 Å². The first-order valence-electron chi connectivity index (χ1n) is 6.32. The van der Waals surface area contributed by atoms with E-state index in [1.807, 2.05) is 6.92 Å². The molecule has 1 amide bonds. The van der Waals surface area contributed by atoms with Gasteiger partial charge in [0, 0.05) is 10.6 Å². The average molecular weight is 299 g/mol. The Morgan fingerprint density at radius 3 is 2.45 bits per heavy atom. The molecule has 0 bridgehead atoms. The van der Waals surface area contributed by atoms with Gasteiger partial charge < -0.3 is 15.7 Å². The highest BCUT2D eigenvalue weighted by Crippen LogP contribution is 2.23. The van der Waals surface area contributed by atoms with Crippen LogP contribution in [0.4, 0.5) is 0 Å². The van der Waals surface area contributed by atoms with E-state index in [1.165, 1.54) is 0 Å². The van der Waals surface area contributed by atoms with Crippen LogP contribution in [0.3, 0.4) is 0 Å². The molecule has 0 aliphatic rings. The fourth-order valence-corrected chi connectivity index (χ4v) is 2.06. The van der Waals surface area contributed by atoms with Crippen LogP contribution >= 0.6 is 11.6 Å². The van der Waals surface area contributed by atoms with E-state index in [4.69, 9.17) is 11.6 Å². The number of benzene rings is 1. The van der Waals surface area contributed by atoms with Crippen molar-refractivity contribution in [3.8, 4) is 0 Å². The highest BCUT2D eigenvalue weighted by molar-refractivity contribution is 6.31. The van der Waals surface area contributed by atoms with Crippen molar-refractivity contribution in [1.82, 2.24) is 10.6 Å². The first-order valence-corrected chi connectivity index (χ1v) is 6.70. The van der Waals surface area contributed by atoms with E-state index >= 15 is 0 Å². The number of aliphatic carboxylic acids is 1. The van der Waals surface area contributed by atoms with Crippen LogP contribution in [0.1, 0.15) is 32.4 Å². The second kappa shape index (κ2) is 6.72. The Bertz CT molecular complexity index is 503. The van der Waals surface area contributed by atoms with Crippen LogP contribution in [0, 0.1) is 0 Å². The van der Waals surface area contributed by atoms with Crippen molar-refractivity contribution in [2.45, 2.75) is 32.4 Å².